The lowest BCUT2D eigenvalue weighted by molar-refractivity contribution is -0.137. The molecule has 2 heterocycles. The van der Waals surface area contributed by atoms with E-state index < -0.39 is 21.3 Å². The summed E-state index contributed by atoms with van der Waals surface area (Å²) in [7, 11) is -3.17. The molecule has 0 aromatic carbocycles. The van der Waals surface area contributed by atoms with Crippen LogP contribution in [0.1, 0.15) is 26.2 Å². The summed E-state index contributed by atoms with van der Waals surface area (Å²) in [6, 6.07) is 0. The normalized spacial score (nSPS) is 31.3. The van der Waals surface area contributed by atoms with Gasteiger partial charge in [-0.25, -0.2) is 18.2 Å². The summed E-state index contributed by atoms with van der Waals surface area (Å²) >= 11 is 0. The zero-order valence-electron chi connectivity index (χ0n) is 9.92. The lowest BCUT2D eigenvalue weighted by atomic mass is 9.99. The summed E-state index contributed by atoms with van der Waals surface area (Å²) in [5.74, 6) is -1.65. The van der Waals surface area contributed by atoms with Crippen molar-refractivity contribution in [3.63, 3.8) is 0 Å². The molecule has 0 spiro atoms. The summed E-state index contributed by atoms with van der Waals surface area (Å²) in [4.78, 5) is 22.7. The molecule has 0 saturated carbocycles. The molecular weight excluding hydrogens is 260 g/mol. The molecule has 2 rings (SSSR count). The van der Waals surface area contributed by atoms with Crippen molar-refractivity contribution in [3.8, 4) is 0 Å². The highest BCUT2D eigenvalue weighted by Gasteiger charge is 2.46. The number of carbonyl (C=O) groups excluding carboxylic acids is 1. The van der Waals surface area contributed by atoms with Crippen molar-refractivity contribution in [1.29, 1.82) is 0 Å². The van der Waals surface area contributed by atoms with Crippen LogP contribution in [0.2, 0.25) is 0 Å². The zero-order valence-corrected chi connectivity index (χ0v) is 10.7. The van der Waals surface area contributed by atoms with Crippen molar-refractivity contribution in [2.75, 3.05) is 11.5 Å². The van der Waals surface area contributed by atoms with Crippen molar-refractivity contribution in [2.45, 2.75) is 31.7 Å². The van der Waals surface area contributed by atoms with E-state index in [2.05, 4.69) is 5.10 Å². The van der Waals surface area contributed by atoms with Crippen molar-refractivity contribution >= 4 is 27.4 Å². The molecule has 18 heavy (non-hydrogen) atoms. The minimum Gasteiger partial charge on any atom is -0.477 e. The Morgan fingerprint density at radius 3 is 2.61 bits per heavy atom. The van der Waals surface area contributed by atoms with Crippen LogP contribution in [0.15, 0.2) is 5.10 Å². The number of sulfone groups is 1. The van der Waals surface area contributed by atoms with Gasteiger partial charge in [0, 0.05) is 12.8 Å². The van der Waals surface area contributed by atoms with Crippen molar-refractivity contribution < 1.29 is 23.1 Å². The Morgan fingerprint density at radius 1 is 1.44 bits per heavy atom. The molecule has 2 aliphatic heterocycles. The molecule has 100 valence electrons. The Labute approximate surface area is 104 Å². The third-order valence-corrected chi connectivity index (χ3v) is 5.16. The first-order chi connectivity index (χ1) is 8.23. The third kappa shape index (κ3) is 2.24. The van der Waals surface area contributed by atoms with Crippen molar-refractivity contribution in [3.05, 3.63) is 0 Å². The summed E-state index contributed by atoms with van der Waals surface area (Å²) in [6.45, 7) is 1.63. The summed E-state index contributed by atoms with van der Waals surface area (Å²) < 4.78 is 23.0. The second-order valence-electron chi connectivity index (χ2n) is 4.90. The second kappa shape index (κ2) is 4.04. The quantitative estimate of drug-likeness (QED) is 0.739. The highest BCUT2D eigenvalue weighted by atomic mass is 32.2. The summed E-state index contributed by atoms with van der Waals surface area (Å²) in [5, 5.41) is 13.8. The average Bonchev–Trinajstić information content (AvgIpc) is 2.54. The van der Waals surface area contributed by atoms with Gasteiger partial charge < -0.3 is 5.11 Å². The third-order valence-electron chi connectivity index (χ3n) is 3.27. The molecule has 1 saturated heterocycles. The Balaban J connectivity index is 2.34. The van der Waals surface area contributed by atoms with E-state index in [0.29, 0.717) is 0 Å². The standard InChI is InChI=1S/C10H14N2O5S/c1-10(4-5-18(16,17)6-10)12-8(13)3-2-7(11-12)9(14)15/h2-6H2,1H3,(H,14,15). The van der Waals surface area contributed by atoms with Gasteiger partial charge in [0.2, 0.25) is 5.91 Å². The van der Waals surface area contributed by atoms with Gasteiger partial charge in [-0.05, 0) is 13.3 Å². The largest absolute Gasteiger partial charge is 0.477 e. The SMILES string of the molecule is CC1(N2N=C(C(=O)O)CCC2=O)CCS(=O)(=O)C1. The Morgan fingerprint density at radius 2 is 2.11 bits per heavy atom. The number of rotatable bonds is 2. The van der Waals surface area contributed by atoms with Gasteiger partial charge in [-0.2, -0.15) is 5.10 Å². The maximum Gasteiger partial charge on any atom is 0.352 e. The van der Waals surface area contributed by atoms with Gasteiger partial charge in [0.1, 0.15) is 5.71 Å². The van der Waals surface area contributed by atoms with Crippen LogP contribution in [0.5, 0.6) is 0 Å². The number of hydrogen-bond donors (Lipinski definition) is 1. The zero-order chi connectivity index (χ0) is 13.6. The molecule has 0 radical (unpaired) electrons. The van der Waals surface area contributed by atoms with Gasteiger partial charge in [-0.1, -0.05) is 0 Å². The van der Waals surface area contributed by atoms with E-state index in [1.165, 1.54) is 0 Å². The molecule has 1 N–H and O–H groups in total. The number of hydrazone groups is 1. The number of carboxylic acid groups (broad SMARTS) is 1. The van der Waals surface area contributed by atoms with Crippen LogP contribution < -0.4 is 0 Å². The van der Waals surface area contributed by atoms with E-state index in [0.717, 1.165) is 5.01 Å². The van der Waals surface area contributed by atoms with E-state index >= 15 is 0 Å². The van der Waals surface area contributed by atoms with Crippen LogP contribution in [0.25, 0.3) is 0 Å². The number of nitrogens with zero attached hydrogens (tertiary/aromatic N) is 2. The van der Waals surface area contributed by atoms with Crippen LogP contribution in [-0.2, 0) is 19.4 Å². The molecular formula is C10H14N2O5S. The molecule has 0 bridgehead atoms. The monoisotopic (exact) mass is 274 g/mol. The van der Waals surface area contributed by atoms with E-state index in [4.69, 9.17) is 5.11 Å². The van der Waals surface area contributed by atoms with E-state index in [-0.39, 0.29) is 42.4 Å². The molecule has 2 aliphatic rings. The van der Waals surface area contributed by atoms with Crippen LogP contribution in [0, 0.1) is 0 Å². The van der Waals surface area contributed by atoms with Crippen LogP contribution in [0.3, 0.4) is 0 Å². The van der Waals surface area contributed by atoms with Crippen molar-refractivity contribution in [2.24, 2.45) is 5.10 Å². The lowest BCUT2D eigenvalue weighted by Gasteiger charge is -2.35. The maximum absolute atomic E-state index is 11.8. The Kier molecular flexibility index (Phi) is 2.92. The highest BCUT2D eigenvalue weighted by molar-refractivity contribution is 7.91. The summed E-state index contributed by atoms with van der Waals surface area (Å²) in [6.07, 6.45) is 0.436. The fourth-order valence-corrected chi connectivity index (χ4v) is 4.40. The molecule has 0 aliphatic carbocycles. The average molecular weight is 274 g/mol. The van der Waals surface area contributed by atoms with Crippen LogP contribution in [0.4, 0.5) is 0 Å². The smallest absolute Gasteiger partial charge is 0.352 e. The highest BCUT2D eigenvalue weighted by Crippen LogP contribution is 2.32. The van der Waals surface area contributed by atoms with Gasteiger partial charge in [0.25, 0.3) is 0 Å². The minimum atomic E-state index is -3.17. The van der Waals surface area contributed by atoms with Gasteiger partial charge in [0.15, 0.2) is 9.84 Å². The van der Waals surface area contributed by atoms with Crippen LogP contribution in [-0.4, -0.2) is 53.2 Å². The Bertz CT molecular complexity index is 538. The number of amides is 1. The first-order valence-electron chi connectivity index (χ1n) is 5.58. The first kappa shape index (κ1) is 13.0. The van der Waals surface area contributed by atoms with Gasteiger partial charge in [0.05, 0.1) is 17.0 Å². The van der Waals surface area contributed by atoms with E-state index in [1.54, 1.807) is 6.92 Å². The van der Waals surface area contributed by atoms with Gasteiger partial charge in [-0.15, -0.1) is 0 Å². The molecule has 1 amide bonds. The molecule has 8 heteroatoms. The summed E-state index contributed by atoms with van der Waals surface area (Å²) in [5.41, 5.74) is -1.02. The molecule has 7 nitrogen and oxygen atoms in total. The number of hydrogen-bond acceptors (Lipinski definition) is 5. The predicted molar refractivity (Wildman–Crippen MR) is 62.8 cm³/mol. The number of carboxylic acids is 1. The first-order valence-corrected chi connectivity index (χ1v) is 7.40. The topological polar surface area (TPSA) is 104 Å². The fourth-order valence-electron chi connectivity index (χ4n) is 2.29. The molecule has 1 atom stereocenters. The fraction of sp³-hybridized carbons (Fsp3) is 0.700. The molecule has 1 fully saturated rings. The lowest BCUT2D eigenvalue weighted by Crippen LogP contribution is -2.50. The van der Waals surface area contributed by atoms with Crippen LogP contribution >= 0.6 is 0 Å². The number of carbonyl (C=O) groups is 2. The van der Waals surface area contributed by atoms with Crippen molar-refractivity contribution in [1.82, 2.24) is 5.01 Å². The van der Waals surface area contributed by atoms with Gasteiger partial charge in [-0.3, -0.25) is 4.79 Å². The number of aliphatic carboxylic acids is 1. The Hall–Kier alpha value is -1.44. The molecule has 1 unspecified atom stereocenters. The van der Waals surface area contributed by atoms with E-state index in [1.807, 2.05) is 0 Å². The van der Waals surface area contributed by atoms with Gasteiger partial charge >= 0.3 is 5.97 Å². The minimum absolute atomic E-state index is 0.00516. The molecule has 0 aromatic heterocycles. The van der Waals surface area contributed by atoms with E-state index in [9.17, 15) is 18.0 Å². The second-order valence-corrected chi connectivity index (χ2v) is 7.08. The molecule has 0 aromatic rings. The predicted octanol–water partition coefficient (Wildman–Crippen LogP) is -0.373. The maximum atomic E-state index is 11.8.